The number of benzene rings is 2. The molecule has 3 atom stereocenters. The second-order valence-electron chi connectivity index (χ2n) is 14.8. The number of hydrogen-bond donors (Lipinski definition) is 3. The number of carbonyl (C=O) groups excluding carboxylic acids is 4. The molecule has 4 heterocycles. The third-order valence-corrected chi connectivity index (χ3v) is 10.7. The standard InChI is InChI=1S/C41H48N8O5/c1-25(2)36(46-41(53)54-4)40(52)49-19-5-6-34(49)37-43-23-33(45-37)29-9-7-27(8-10-29)28-13-16-32(17-14-28)44-38(50)31-15-18-35(42-22-31)48-21-20-47(24-26(48)3)39(51)30-11-12-30/h7-10,13-18,22-23,25-26,30,34,36H,5-6,11-12,19-21,24H2,1-4H3,(H,43,45)(H,44,50)(H,46,53). The largest absolute Gasteiger partial charge is 0.453 e. The number of carbonyl (C=O) groups is 4. The average molecular weight is 733 g/mol. The van der Waals surface area contributed by atoms with E-state index in [0.717, 1.165) is 66.3 Å². The van der Waals surface area contributed by atoms with Gasteiger partial charge in [0.15, 0.2) is 0 Å². The Bertz CT molecular complexity index is 1970. The summed E-state index contributed by atoms with van der Waals surface area (Å²) in [7, 11) is 1.29. The first-order valence-electron chi connectivity index (χ1n) is 18.8. The molecule has 3 N–H and O–H groups in total. The number of pyridine rings is 1. The maximum Gasteiger partial charge on any atom is 0.407 e. The van der Waals surface area contributed by atoms with Crippen molar-refractivity contribution in [1.29, 1.82) is 0 Å². The number of anilines is 2. The Morgan fingerprint density at radius 1 is 0.852 bits per heavy atom. The highest BCUT2D eigenvalue weighted by Gasteiger charge is 2.38. The average Bonchev–Trinajstić information content (AvgIpc) is 3.71. The van der Waals surface area contributed by atoms with Crippen LogP contribution in [0.2, 0.25) is 0 Å². The molecule has 1 saturated carbocycles. The van der Waals surface area contributed by atoms with E-state index < -0.39 is 12.1 Å². The number of aromatic amines is 1. The fraction of sp³-hybridized carbons (Fsp3) is 0.415. The van der Waals surface area contributed by atoms with E-state index in [9.17, 15) is 19.2 Å². The Kier molecular flexibility index (Phi) is 10.7. The molecule has 2 aliphatic heterocycles. The van der Waals surface area contributed by atoms with Gasteiger partial charge in [-0.2, -0.15) is 0 Å². The summed E-state index contributed by atoms with van der Waals surface area (Å²) in [5, 5.41) is 5.66. The molecule has 2 saturated heterocycles. The molecule has 13 nitrogen and oxygen atoms in total. The summed E-state index contributed by atoms with van der Waals surface area (Å²) in [5.41, 5.74) is 4.99. The van der Waals surface area contributed by atoms with Gasteiger partial charge in [0.05, 0.1) is 30.6 Å². The fourth-order valence-electron chi connectivity index (χ4n) is 7.41. The number of amides is 4. The molecule has 0 radical (unpaired) electrons. The zero-order chi connectivity index (χ0) is 37.9. The molecular weight excluding hydrogens is 685 g/mol. The van der Waals surface area contributed by atoms with Crippen molar-refractivity contribution in [3.8, 4) is 22.4 Å². The van der Waals surface area contributed by atoms with Gasteiger partial charge in [-0.1, -0.05) is 50.2 Å². The lowest BCUT2D eigenvalue weighted by molar-refractivity contribution is -0.135. The van der Waals surface area contributed by atoms with Gasteiger partial charge in [-0.3, -0.25) is 14.4 Å². The van der Waals surface area contributed by atoms with Gasteiger partial charge >= 0.3 is 6.09 Å². The minimum Gasteiger partial charge on any atom is -0.453 e. The van der Waals surface area contributed by atoms with Crippen LogP contribution in [0.3, 0.4) is 0 Å². The number of aromatic nitrogens is 3. The molecule has 3 aliphatic rings. The highest BCUT2D eigenvalue weighted by molar-refractivity contribution is 6.04. The first-order chi connectivity index (χ1) is 26.1. The van der Waals surface area contributed by atoms with E-state index in [-0.39, 0.29) is 41.6 Å². The fourth-order valence-corrected chi connectivity index (χ4v) is 7.41. The number of alkyl carbamates (subject to hydrolysis) is 1. The number of nitrogens with one attached hydrogen (secondary N) is 3. The van der Waals surface area contributed by atoms with E-state index in [1.807, 2.05) is 73.3 Å². The number of methoxy groups -OCH3 is 1. The number of ether oxygens (including phenoxy) is 1. The topological polar surface area (TPSA) is 153 Å². The van der Waals surface area contributed by atoms with Gasteiger partial charge in [0.1, 0.15) is 17.7 Å². The van der Waals surface area contributed by atoms with Crippen molar-refractivity contribution < 1.29 is 23.9 Å². The van der Waals surface area contributed by atoms with Crippen molar-refractivity contribution >= 4 is 35.3 Å². The van der Waals surface area contributed by atoms with Crippen LogP contribution < -0.4 is 15.5 Å². The summed E-state index contributed by atoms with van der Waals surface area (Å²) < 4.78 is 4.75. The van der Waals surface area contributed by atoms with Crippen LogP contribution in [0.5, 0.6) is 0 Å². The number of H-pyrrole nitrogens is 1. The van der Waals surface area contributed by atoms with Crippen LogP contribution in [-0.2, 0) is 14.3 Å². The van der Waals surface area contributed by atoms with E-state index in [1.165, 1.54) is 7.11 Å². The van der Waals surface area contributed by atoms with Gasteiger partial charge in [0, 0.05) is 50.0 Å². The van der Waals surface area contributed by atoms with Crippen molar-refractivity contribution in [1.82, 2.24) is 30.1 Å². The number of likely N-dealkylation sites (tertiary alicyclic amines) is 1. The van der Waals surface area contributed by atoms with E-state index >= 15 is 0 Å². The zero-order valence-electron chi connectivity index (χ0n) is 31.2. The van der Waals surface area contributed by atoms with Gasteiger partial charge in [-0.05, 0) is 79.5 Å². The molecule has 7 rings (SSSR count). The van der Waals surface area contributed by atoms with E-state index in [4.69, 9.17) is 4.74 Å². The molecule has 282 valence electrons. The van der Waals surface area contributed by atoms with Gasteiger partial charge < -0.3 is 35.1 Å². The predicted molar refractivity (Wildman–Crippen MR) is 206 cm³/mol. The van der Waals surface area contributed by atoms with E-state index in [2.05, 4.69) is 37.4 Å². The maximum absolute atomic E-state index is 13.5. The maximum atomic E-state index is 13.5. The van der Waals surface area contributed by atoms with Crippen LogP contribution in [0.15, 0.2) is 73.1 Å². The molecule has 54 heavy (non-hydrogen) atoms. The van der Waals surface area contributed by atoms with Gasteiger partial charge in [0.25, 0.3) is 5.91 Å². The predicted octanol–water partition coefficient (Wildman–Crippen LogP) is 5.88. The normalized spacial score (nSPS) is 19.1. The molecule has 0 bridgehead atoms. The van der Waals surface area contributed by atoms with Gasteiger partial charge in [0.2, 0.25) is 11.8 Å². The smallest absolute Gasteiger partial charge is 0.407 e. The van der Waals surface area contributed by atoms with Crippen LogP contribution in [-0.4, -0.2) is 93.9 Å². The second-order valence-corrected chi connectivity index (χ2v) is 14.8. The molecule has 13 heteroatoms. The Hall–Kier alpha value is -5.72. The monoisotopic (exact) mass is 732 g/mol. The van der Waals surface area contributed by atoms with Crippen molar-refractivity contribution in [3.63, 3.8) is 0 Å². The lowest BCUT2D eigenvalue weighted by atomic mass is 10.0. The number of piperazine rings is 1. The first-order valence-corrected chi connectivity index (χ1v) is 18.8. The molecule has 2 aromatic carbocycles. The molecule has 4 aromatic rings. The summed E-state index contributed by atoms with van der Waals surface area (Å²) in [5.74, 6) is 1.55. The minimum absolute atomic E-state index is 0.104. The van der Waals surface area contributed by atoms with E-state index in [0.29, 0.717) is 30.9 Å². The third kappa shape index (κ3) is 7.95. The molecular formula is C41H48N8O5. The first kappa shape index (κ1) is 36.6. The minimum atomic E-state index is -0.687. The highest BCUT2D eigenvalue weighted by atomic mass is 16.5. The summed E-state index contributed by atoms with van der Waals surface area (Å²) in [6, 6.07) is 18.8. The summed E-state index contributed by atoms with van der Waals surface area (Å²) in [4.78, 5) is 69.6. The lowest BCUT2D eigenvalue weighted by Crippen LogP contribution is -2.54. The third-order valence-electron chi connectivity index (χ3n) is 10.7. The number of rotatable bonds is 10. The molecule has 0 spiro atoms. The van der Waals surface area contributed by atoms with Gasteiger partial charge in [-0.15, -0.1) is 0 Å². The zero-order valence-corrected chi connectivity index (χ0v) is 31.2. The Morgan fingerprint density at radius 2 is 1.56 bits per heavy atom. The molecule has 1 aliphatic carbocycles. The number of nitrogens with zero attached hydrogens (tertiary/aromatic N) is 5. The SMILES string of the molecule is COC(=O)NC(C(=O)N1CCCC1c1ncc(-c2ccc(-c3ccc(NC(=O)c4ccc(N5CCN(C(=O)C6CC6)CC5C)nc4)cc3)cc2)[nH]1)C(C)C. The summed E-state index contributed by atoms with van der Waals surface area (Å²) in [6.07, 6.45) is 6.43. The van der Waals surface area contributed by atoms with Crippen LogP contribution in [0.4, 0.5) is 16.3 Å². The number of hydrogen-bond acceptors (Lipinski definition) is 8. The second kappa shape index (κ2) is 15.7. The van der Waals surface area contributed by atoms with Crippen LogP contribution >= 0.6 is 0 Å². The molecule has 2 aromatic heterocycles. The summed E-state index contributed by atoms with van der Waals surface area (Å²) in [6.45, 7) is 8.60. The van der Waals surface area contributed by atoms with Crippen LogP contribution in [0, 0.1) is 11.8 Å². The highest BCUT2D eigenvalue weighted by Crippen LogP contribution is 2.34. The van der Waals surface area contributed by atoms with Crippen molar-refractivity contribution in [2.45, 2.75) is 64.6 Å². The molecule has 3 unspecified atom stereocenters. The number of imidazole rings is 1. The van der Waals surface area contributed by atoms with E-state index in [1.54, 1.807) is 23.4 Å². The quantitative estimate of drug-likeness (QED) is 0.183. The van der Waals surface area contributed by atoms with Gasteiger partial charge in [-0.25, -0.2) is 14.8 Å². The van der Waals surface area contributed by atoms with Crippen LogP contribution in [0.25, 0.3) is 22.4 Å². The lowest BCUT2D eigenvalue weighted by Gasteiger charge is -2.40. The molecule has 4 amide bonds. The van der Waals surface area contributed by atoms with Crippen molar-refractivity contribution in [3.05, 3.63) is 84.4 Å². The van der Waals surface area contributed by atoms with Crippen LogP contribution in [0.1, 0.15) is 68.7 Å². The Balaban J connectivity index is 0.938. The Labute approximate surface area is 315 Å². The van der Waals surface area contributed by atoms with Crippen molar-refractivity contribution in [2.24, 2.45) is 11.8 Å². The Morgan fingerprint density at radius 3 is 2.19 bits per heavy atom. The summed E-state index contributed by atoms with van der Waals surface area (Å²) >= 11 is 0. The molecule has 3 fully saturated rings. The van der Waals surface area contributed by atoms with Crippen molar-refractivity contribution in [2.75, 3.05) is 43.5 Å².